The second-order valence-corrected chi connectivity index (χ2v) is 4.60. The van der Waals surface area contributed by atoms with Crippen molar-refractivity contribution in [3.05, 3.63) is 78.4 Å². The lowest BCUT2D eigenvalue weighted by atomic mass is 10.1. The van der Waals surface area contributed by atoms with Crippen molar-refractivity contribution in [2.45, 2.75) is 6.92 Å². The van der Waals surface area contributed by atoms with E-state index < -0.39 is 5.97 Å². The summed E-state index contributed by atoms with van der Waals surface area (Å²) in [6.07, 6.45) is 0.651. The van der Waals surface area contributed by atoms with Crippen LogP contribution in [0.5, 0.6) is 5.75 Å². The highest BCUT2D eigenvalue weighted by Crippen LogP contribution is 2.15. The lowest BCUT2D eigenvalue weighted by Gasteiger charge is -2.01. The molecule has 3 rings (SSSR count). The van der Waals surface area contributed by atoms with Crippen LogP contribution < -0.4 is 4.74 Å². The Labute approximate surface area is 129 Å². The molecule has 0 N–H and O–H groups in total. The molecule has 0 radical (unpaired) electrons. The number of rotatable bonds is 2. The van der Waals surface area contributed by atoms with Crippen molar-refractivity contribution in [1.29, 1.82) is 0 Å². The molecule has 0 fully saturated rings. The fourth-order valence-corrected chi connectivity index (χ4v) is 1.96. The number of fused-ring (bicyclic) bond motifs is 1. The average molecular weight is 292 g/mol. The van der Waals surface area contributed by atoms with Crippen molar-refractivity contribution >= 4 is 23.0 Å². The van der Waals surface area contributed by atoms with Crippen molar-refractivity contribution < 1.29 is 14.3 Å². The number of para-hydroxylation sites is 1. The van der Waals surface area contributed by atoms with Crippen LogP contribution in [0.25, 0.3) is 10.8 Å². The molecule has 3 heteroatoms. The molecule has 0 unspecified atom stereocenters. The maximum Gasteiger partial charge on any atom is 0.308 e. The molecular formula is C19H16O3. The Bertz CT molecular complexity index is 713. The predicted molar refractivity (Wildman–Crippen MR) is 87.1 cm³/mol. The van der Waals surface area contributed by atoms with Crippen LogP contribution >= 0.6 is 0 Å². The van der Waals surface area contributed by atoms with Crippen LogP contribution in [0.4, 0.5) is 0 Å². The SMILES string of the molecule is CC(=O)Oc1ccccc1C=O.c1ccc2ccccc2c1. The molecule has 0 saturated carbocycles. The smallest absolute Gasteiger partial charge is 0.308 e. The largest absolute Gasteiger partial charge is 0.426 e. The van der Waals surface area contributed by atoms with Gasteiger partial charge in [0.1, 0.15) is 5.75 Å². The minimum Gasteiger partial charge on any atom is -0.426 e. The molecule has 0 aliphatic rings. The van der Waals surface area contributed by atoms with Gasteiger partial charge in [0.05, 0.1) is 5.56 Å². The Morgan fingerprint density at radius 1 is 0.818 bits per heavy atom. The summed E-state index contributed by atoms with van der Waals surface area (Å²) >= 11 is 0. The summed E-state index contributed by atoms with van der Waals surface area (Å²) in [5.41, 5.74) is 0.382. The van der Waals surface area contributed by atoms with Crippen LogP contribution in [-0.2, 0) is 4.79 Å². The molecule has 0 amide bonds. The first-order chi connectivity index (χ1) is 10.7. The van der Waals surface area contributed by atoms with E-state index in [1.54, 1.807) is 24.3 Å². The first kappa shape index (κ1) is 15.4. The molecule has 0 heterocycles. The number of hydrogen-bond acceptors (Lipinski definition) is 3. The fraction of sp³-hybridized carbons (Fsp3) is 0.0526. The van der Waals surface area contributed by atoms with E-state index in [2.05, 4.69) is 48.5 Å². The first-order valence-electron chi connectivity index (χ1n) is 6.87. The number of aldehydes is 1. The zero-order valence-electron chi connectivity index (χ0n) is 12.2. The Hall–Kier alpha value is -2.94. The highest BCUT2D eigenvalue weighted by atomic mass is 16.5. The van der Waals surface area contributed by atoms with Gasteiger partial charge in [-0.3, -0.25) is 9.59 Å². The third-order valence-electron chi connectivity index (χ3n) is 2.96. The van der Waals surface area contributed by atoms with Crippen LogP contribution in [0.2, 0.25) is 0 Å². The number of ether oxygens (including phenoxy) is 1. The van der Waals surface area contributed by atoms with Crippen LogP contribution in [0.1, 0.15) is 17.3 Å². The van der Waals surface area contributed by atoms with E-state index in [0.29, 0.717) is 17.6 Å². The van der Waals surface area contributed by atoms with Gasteiger partial charge in [0.25, 0.3) is 0 Å². The molecule has 3 aromatic rings. The molecule has 0 atom stereocenters. The minimum absolute atomic E-state index is 0.306. The molecule has 0 saturated heterocycles. The summed E-state index contributed by atoms with van der Waals surface area (Å²) in [6.45, 7) is 1.29. The number of carbonyl (C=O) groups is 2. The van der Waals surface area contributed by atoms with Crippen LogP contribution in [0, 0.1) is 0 Å². The molecule has 0 aliphatic heterocycles. The lowest BCUT2D eigenvalue weighted by molar-refractivity contribution is -0.131. The van der Waals surface area contributed by atoms with Crippen LogP contribution in [0.15, 0.2) is 72.8 Å². The van der Waals surface area contributed by atoms with Gasteiger partial charge < -0.3 is 4.74 Å². The van der Waals surface area contributed by atoms with Gasteiger partial charge in [0, 0.05) is 6.92 Å². The normalized spacial score (nSPS) is 9.50. The highest BCUT2D eigenvalue weighted by Gasteiger charge is 2.02. The second kappa shape index (κ2) is 7.74. The summed E-state index contributed by atoms with van der Waals surface area (Å²) < 4.78 is 4.77. The van der Waals surface area contributed by atoms with Crippen molar-refractivity contribution in [3.8, 4) is 5.75 Å². The van der Waals surface area contributed by atoms with E-state index in [0.717, 1.165) is 0 Å². The van der Waals surface area contributed by atoms with Crippen molar-refractivity contribution in [2.24, 2.45) is 0 Å². The topological polar surface area (TPSA) is 43.4 Å². The third-order valence-corrected chi connectivity index (χ3v) is 2.96. The Kier molecular flexibility index (Phi) is 5.44. The van der Waals surface area contributed by atoms with Crippen LogP contribution in [-0.4, -0.2) is 12.3 Å². The van der Waals surface area contributed by atoms with Gasteiger partial charge >= 0.3 is 5.97 Å². The molecular weight excluding hydrogens is 276 g/mol. The summed E-state index contributed by atoms with van der Waals surface area (Å²) in [7, 11) is 0. The van der Waals surface area contributed by atoms with E-state index in [9.17, 15) is 9.59 Å². The van der Waals surface area contributed by atoms with E-state index in [1.165, 1.54) is 17.7 Å². The Balaban J connectivity index is 0.000000162. The van der Waals surface area contributed by atoms with Crippen molar-refractivity contribution in [3.63, 3.8) is 0 Å². The number of carbonyl (C=O) groups excluding carboxylic acids is 2. The first-order valence-corrected chi connectivity index (χ1v) is 6.87. The fourth-order valence-electron chi connectivity index (χ4n) is 1.96. The molecule has 0 bridgehead atoms. The van der Waals surface area contributed by atoms with Gasteiger partial charge in [-0.1, -0.05) is 60.7 Å². The average Bonchev–Trinajstić information content (AvgIpc) is 2.55. The van der Waals surface area contributed by atoms with Gasteiger partial charge in [-0.25, -0.2) is 0 Å². The van der Waals surface area contributed by atoms with Gasteiger partial charge in [-0.15, -0.1) is 0 Å². The monoisotopic (exact) mass is 292 g/mol. The zero-order chi connectivity index (χ0) is 15.8. The highest BCUT2D eigenvalue weighted by molar-refractivity contribution is 5.82. The van der Waals surface area contributed by atoms with Gasteiger partial charge in [0.2, 0.25) is 0 Å². The van der Waals surface area contributed by atoms with Crippen molar-refractivity contribution in [2.75, 3.05) is 0 Å². The Morgan fingerprint density at radius 2 is 1.27 bits per heavy atom. The second-order valence-electron chi connectivity index (χ2n) is 4.60. The Morgan fingerprint density at radius 3 is 1.73 bits per heavy atom. The maximum absolute atomic E-state index is 10.5. The van der Waals surface area contributed by atoms with Crippen LogP contribution in [0.3, 0.4) is 0 Å². The molecule has 110 valence electrons. The van der Waals surface area contributed by atoms with Gasteiger partial charge in [-0.2, -0.15) is 0 Å². The zero-order valence-corrected chi connectivity index (χ0v) is 12.2. The summed E-state index contributed by atoms with van der Waals surface area (Å²) in [5.74, 6) is -0.121. The molecule has 0 spiro atoms. The molecule has 22 heavy (non-hydrogen) atoms. The molecule has 3 nitrogen and oxygen atoms in total. The molecule has 0 aromatic heterocycles. The lowest BCUT2D eigenvalue weighted by Crippen LogP contribution is -2.03. The number of hydrogen-bond donors (Lipinski definition) is 0. The van der Waals surface area contributed by atoms with E-state index in [1.807, 2.05) is 0 Å². The van der Waals surface area contributed by atoms with E-state index in [-0.39, 0.29) is 0 Å². The predicted octanol–water partition coefficient (Wildman–Crippen LogP) is 4.26. The maximum atomic E-state index is 10.5. The van der Waals surface area contributed by atoms with Gasteiger partial charge in [0.15, 0.2) is 6.29 Å². The van der Waals surface area contributed by atoms with Gasteiger partial charge in [-0.05, 0) is 22.9 Å². The quantitative estimate of drug-likeness (QED) is 0.402. The van der Waals surface area contributed by atoms with E-state index in [4.69, 9.17) is 4.74 Å². The summed E-state index contributed by atoms with van der Waals surface area (Å²) in [6, 6.07) is 23.3. The summed E-state index contributed by atoms with van der Waals surface area (Å²) in [4.78, 5) is 21.0. The number of esters is 1. The van der Waals surface area contributed by atoms with Crippen molar-refractivity contribution in [1.82, 2.24) is 0 Å². The van der Waals surface area contributed by atoms with E-state index >= 15 is 0 Å². The standard InChI is InChI=1S/C10H8.C9H8O3/c1-2-6-10-8-4-3-7-9(10)5-1;1-7(11)12-9-5-3-2-4-8(9)6-10/h1-8H;2-6H,1H3. The minimum atomic E-state index is -0.427. The summed E-state index contributed by atoms with van der Waals surface area (Å²) in [5, 5.41) is 2.62. The molecule has 3 aromatic carbocycles. The number of benzene rings is 3. The third kappa shape index (κ3) is 4.28. The molecule has 0 aliphatic carbocycles.